The molecule has 1 heterocycles. The molecule has 3 nitrogen and oxygen atoms in total. The number of carbonyl (C=O) groups is 1. The average molecular weight is 164 g/mol. The van der Waals surface area contributed by atoms with E-state index in [1.54, 1.807) is 0 Å². The van der Waals surface area contributed by atoms with E-state index in [1.807, 2.05) is 0 Å². The van der Waals surface area contributed by atoms with Crippen molar-refractivity contribution in [2.45, 2.75) is 0 Å². The van der Waals surface area contributed by atoms with Crippen LogP contribution in [0.1, 0.15) is 0 Å². The molecule has 0 aromatic heterocycles. The summed E-state index contributed by atoms with van der Waals surface area (Å²) < 4.78 is 5.20. The van der Waals surface area contributed by atoms with Crippen molar-refractivity contribution in [3.05, 3.63) is 0 Å². The Balaban J connectivity index is 2.55. The van der Waals surface area contributed by atoms with E-state index in [0.717, 1.165) is 4.54 Å². The van der Waals surface area contributed by atoms with Gasteiger partial charge >= 0.3 is 47.7 Å². The van der Waals surface area contributed by atoms with Crippen molar-refractivity contribution in [2.75, 3.05) is 6.61 Å². The summed E-state index contributed by atoms with van der Waals surface area (Å²) in [6, 6.07) is 0. The summed E-state index contributed by atoms with van der Waals surface area (Å²) in [6.07, 6.45) is -0.367. The van der Waals surface area contributed by atoms with Gasteiger partial charge in [0.25, 0.3) is 0 Å². The Kier molecular flexibility index (Phi) is 1.13. The van der Waals surface area contributed by atoms with Gasteiger partial charge in [-0.25, -0.2) is 0 Å². The molecule has 1 rings (SSSR count). The number of alkyl carbamates (subject to hydrolysis) is 1. The summed E-state index contributed by atoms with van der Waals surface area (Å²) in [5.41, 5.74) is 0. The molecule has 4 heteroatoms. The molecule has 1 amide bonds. The van der Waals surface area contributed by atoms with Gasteiger partial charge in [-0.2, -0.15) is 0 Å². The number of cyclic esters (lactones) is 1. The van der Waals surface area contributed by atoms with Gasteiger partial charge < -0.3 is 0 Å². The van der Waals surface area contributed by atoms with Crippen LogP contribution in [0, 0.1) is 0 Å². The zero-order chi connectivity index (χ0) is 5.28. The Hall–Kier alpha value is -0.341. The standard InChI is InChI=1S/C3H3NO2Se/c5-3-4-2(7)1-6-3/h1H2,(H,4,5,7). The van der Waals surface area contributed by atoms with Crippen LogP contribution < -0.4 is 5.32 Å². The number of amides is 1. The van der Waals surface area contributed by atoms with E-state index in [1.165, 1.54) is 0 Å². The van der Waals surface area contributed by atoms with Crippen LogP contribution >= 0.6 is 0 Å². The van der Waals surface area contributed by atoms with Crippen molar-refractivity contribution in [1.29, 1.82) is 0 Å². The molecule has 0 spiro atoms. The van der Waals surface area contributed by atoms with E-state index in [0.29, 0.717) is 6.61 Å². The van der Waals surface area contributed by atoms with Gasteiger partial charge in [-0.15, -0.1) is 0 Å². The van der Waals surface area contributed by atoms with Crippen molar-refractivity contribution in [1.82, 2.24) is 5.32 Å². The average Bonchev–Trinajstić information content (AvgIpc) is 1.87. The van der Waals surface area contributed by atoms with Crippen LogP contribution in [0.2, 0.25) is 0 Å². The van der Waals surface area contributed by atoms with Gasteiger partial charge in [-0.1, -0.05) is 0 Å². The fraction of sp³-hybridized carbons (Fsp3) is 0.333. The van der Waals surface area contributed by atoms with Gasteiger partial charge in [0.15, 0.2) is 0 Å². The van der Waals surface area contributed by atoms with Gasteiger partial charge in [0.2, 0.25) is 0 Å². The molecular formula is C3H3NO2Se. The fourth-order valence-electron chi connectivity index (χ4n) is 0.317. The van der Waals surface area contributed by atoms with Gasteiger partial charge in [0.1, 0.15) is 0 Å². The van der Waals surface area contributed by atoms with E-state index >= 15 is 0 Å². The van der Waals surface area contributed by atoms with Crippen LogP contribution in [0.5, 0.6) is 0 Å². The Labute approximate surface area is 48.4 Å². The van der Waals surface area contributed by atoms with Gasteiger partial charge in [0, 0.05) is 0 Å². The summed E-state index contributed by atoms with van der Waals surface area (Å²) in [4.78, 5) is 10.1. The molecule has 0 radical (unpaired) electrons. The number of nitrogens with one attached hydrogen (secondary N) is 1. The third kappa shape index (κ3) is 1.01. The Morgan fingerprint density at radius 2 is 2.57 bits per heavy atom. The number of hydrogen-bond donors (Lipinski definition) is 1. The second-order valence-corrected chi connectivity index (χ2v) is 2.16. The molecule has 0 bridgehead atoms. The van der Waals surface area contributed by atoms with E-state index < -0.39 is 0 Å². The van der Waals surface area contributed by atoms with Crippen LogP contribution in [0.4, 0.5) is 4.79 Å². The van der Waals surface area contributed by atoms with Crippen molar-refractivity contribution < 1.29 is 9.53 Å². The topological polar surface area (TPSA) is 38.3 Å². The van der Waals surface area contributed by atoms with Crippen LogP contribution in [-0.2, 0) is 4.74 Å². The predicted molar refractivity (Wildman–Crippen MR) is 25.2 cm³/mol. The second kappa shape index (κ2) is 1.64. The SMILES string of the molecule is O=C1NC(=[Se])CO1. The molecule has 7 heavy (non-hydrogen) atoms. The molecule has 0 saturated carbocycles. The van der Waals surface area contributed by atoms with E-state index in [-0.39, 0.29) is 6.09 Å². The molecule has 1 aliphatic heterocycles. The molecule has 38 valence electrons. The van der Waals surface area contributed by atoms with Crippen LogP contribution in [0.15, 0.2) is 0 Å². The second-order valence-electron chi connectivity index (χ2n) is 1.12. The van der Waals surface area contributed by atoms with E-state index in [9.17, 15) is 4.79 Å². The maximum atomic E-state index is 10.1. The molecule has 0 aliphatic carbocycles. The third-order valence-corrected chi connectivity index (χ3v) is 1.04. The zero-order valence-corrected chi connectivity index (χ0v) is 5.14. The molecule has 1 fully saturated rings. The van der Waals surface area contributed by atoms with Crippen molar-refractivity contribution in [3.8, 4) is 0 Å². The first-order chi connectivity index (χ1) is 3.29. The first kappa shape index (κ1) is 4.81. The number of carbonyl (C=O) groups excluding carboxylic acids is 1. The molecule has 1 aliphatic rings. The quantitative estimate of drug-likeness (QED) is 0.467. The normalized spacial score (nSPS) is 18.9. The van der Waals surface area contributed by atoms with Crippen molar-refractivity contribution in [2.24, 2.45) is 0 Å². The molecule has 0 atom stereocenters. The summed E-state index contributed by atoms with van der Waals surface area (Å²) in [5.74, 6) is 0. The Bertz CT molecular complexity index is 108. The number of hydrogen-bond acceptors (Lipinski definition) is 2. The molecule has 0 aromatic carbocycles. The first-order valence-corrected chi connectivity index (χ1v) is 2.61. The van der Waals surface area contributed by atoms with Crippen LogP contribution in [0.25, 0.3) is 0 Å². The maximum absolute atomic E-state index is 10.1. The predicted octanol–water partition coefficient (Wildman–Crippen LogP) is -0.975. The van der Waals surface area contributed by atoms with Crippen LogP contribution in [-0.4, -0.2) is 32.8 Å². The van der Waals surface area contributed by atoms with Crippen molar-refractivity contribution >= 4 is 26.2 Å². The summed E-state index contributed by atoms with van der Waals surface area (Å²) in [6.45, 7) is 0.374. The molecule has 1 N–H and O–H groups in total. The number of rotatable bonds is 0. The Morgan fingerprint density at radius 3 is 2.71 bits per heavy atom. The fourth-order valence-corrected chi connectivity index (χ4v) is 0.616. The van der Waals surface area contributed by atoms with E-state index in [4.69, 9.17) is 0 Å². The molecule has 0 unspecified atom stereocenters. The molecule has 1 saturated heterocycles. The van der Waals surface area contributed by atoms with E-state index in [2.05, 4.69) is 25.6 Å². The van der Waals surface area contributed by atoms with Gasteiger partial charge in [0.05, 0.1) is 0 Å². The third-order valence-electron chi connectivity index (χ3n) is 0.576. The molecule has 0 aromatic rings. The zero-order valence-electron chi connectivity index (χ0n) is 3.43. The van der Waals surface area contributed by atoms with Gasteiger partial charge in [-0.3, -0.25) is 0 Å². The molecular weight excluding hydrogens is 161 g/mol. The summed E-state index contributed by atoms with van der Waals surface area (Å²) >= 11 is 2.63. The van der Waals surface area contributed by atoms with Gasteiger partial charge in [-0.05, 0) is 0 Å². The monoisotopic (exact) mass is 165 g/mol. The summed E-state index contributed by atoms with van der Waals surface area (Å²) in [7, 11) is 0. The minimum atomic E-state index is -0.367. The first-order valence-electron chi connectivity index (χ1n) is 1.75. The minimum absolute atomic E-state index is 0.367. The Morgan fingerprint density at radius 1 is 1.86 bits per heavy atom. The van der Waals surface area contributed by atoms with Crippen LogP contribution in [0.3, 0.4) is 0 Å². The van der Waals surface area contributed by atoms with Crippen molar-refractivity contribution in [3.63, 3.8) is 0 Å². The number of ether oxygens (including phenoxy) is 1. The summed E-state index contributed by atoms with van der Waals surface area (Å²) in [5, 5.41) is 2.42.